The molecule has 48 valence electrons. The highest BCUT2D eigenvalue weighted by molar-refractivity contribution is 6.24. The summed E-state index contributed by atoms with van der Waals surface area (Å²) in [6.07, 6.45) is 1.42. The van der Waals surface area contributed by atoms with Gasteiger partial charge >= 0.3 is 9.17 Å². The van der Waals surface area contributed by atoms with E-state index in [1.165, 1.54) is 6.08 Å². The first kappa shape index (κ1) is 10.3. The van der Waals surface area contributed by atoms with Crippen molar-refractivity contribution in [2.45, 2.75) is 0 Å². The molecule has 5 heteroatoms. The summed E-state index contributed by atoms with van der Waals surface area (Å²) in [5.74, 6) is 0. The van der Waals surface area contributed by atoms with Crippen LogP contribution in [0.5, 0.6) is 0 Å². The molecule has 0 fully saturated rings. The molecule has 0 saturated heterocycles. The second-order valence-electron chi connectivity index (χ2n) is 0.866. The van der Waals surface area contributed by atoms with Gasteiger partial charge in [0.1, 0.15) is 0 Å². The van der Waals surface area contributed by atoms with Crippen molar-refractivity contribution in [3.05, 3.63) is 12.7 Å². The third kappa shape index (κ3) is 9.01. The summed E-state index contributed by atoms with van der Waals surface area (Å²) in [5.41, 5.74) is 0. The summed E-state index contributed by atoms with van der Waals surface area (Å²) < 4.78 is 13.8. The van der Waals surface area contributed by atoms with Gasteiger partial charge in [-0.2, -0.15) is 0 Å². The van der Waals surface area contributed by atoms with Gasteiger partial charge in [0.2, 0.25) is 0 Å². The fourth-order valence-electron chi connectivity index (χ4n) is 0.130. The largest absolute Gasteiger partial charge is 0.764 e. The van der Waals surface area contributed by atoms with Gasteiger partial charge in [-0.15, -0.1) is 0 Å². The minimum atomic E-state index is -2.72. The lowest BCUT2D eigenvalue weighted by atomic mass is 10.7. The van der Waals surface area contributed by atoms with Gasteiger partial charge in [0, 0.05) is 0 Å². The molecule has 0 atom stereocenters. The van der Waals surface area contributed by atoms with Crippen LogP contribution < -0.4 is 6.15 Å². The molecule has 0 aliphatic carbocycles. The predicted molar refractivity (Wildman–Crippen MR) is 29.8 cm³/mol. The Hall–Kier alpha value is -0.683. The van der Waals surface area contributed by atoms with E-state index in [0.717, 1.165) is 0 Å². The normalized spacial score (nSPS) is 6.50. The summed E-state index contributed by atoms with van der Waals surface area (Å²) in [6.45, 7) is 3.42. The van der Waals surface area contributed by atoms with E-state index in [-0.39, 0.29) is 12.8 Å². The highest BCUT2D eigenvalue weighted by atomic mass is 28.3. The minimum Gasteiger partial charge on any atom is -0.511 e. The first-order valence-corrected chi connectivity index (χ1v) is 3.00. The molecular formula is C3H9NO3Si. The van der Waals surface area contributed by atoms with E-state index in [1.807, 2.05) is 0 Å². The van der Waals surface area contributed by atoms with Crippen molar-refractivity contribution in [3.63, 3.8) is 0 Å². The van der Waals surface area contributed by atoms with E-state index in [1.54, 1.807) is 0 Å². The van der Waals surface area contributed by atoms with Crippen LogP contribution >= 0.6 is 0 Å². The Labute approximate surface area is 49.3 Å². The molecule has 0 aromatic heterocycles. The third-order valence-electron chi connectivity index (χ3n) is 0.325. The van der Waals surface area contributed by atoms with Crippen LogP contribution in [0.2, 0.25) is 0 Å². The maximum atomic E-state index is 9.67. The zero-order valence-electron chi connectivity index (χ0n) is 4.46. The molecular weight excluding hydrogens is 126 g/mol. The van der Waals surface area contributed by atoms with Crippen molar-refractivity contribution < 1.29 is 13.7 Å². The second-order valence-corrected chi connectivity index (χ2v) is 1.69. The molecule has 0 aliphatic rings. The van der Waals surface area contributed by atoms with Gasteiger partial charge in [0.25, 0.3) is 0 Å². The van der Waals surface area contributed by atoms with E-state index >= 15 is 0 Å². The zero-order chi connectivity index (χ0) is 5.70. The van der Waals surface area contributed by atoms with Crippen LogP contribution in [0.1, 0.15) is 0 Å². The molecule has 0 amide bonds. The maximum Gasteiger partial charge on any atom is 0.764 e. The fraction of sp³-hybridized carbons (Fsp3) is 0.333. The van der Waals surface area contributed by atoms with Gasteiger partial charge in [-0.05, 0) is 0 Å². The summed E-state index contributed by atoms with van der Waals surface area (Å²) in [6, 6.07) is 0. The van der Waals surface area contributed by atoms with E-state index in [2.05, 4.69) is 11.0 Å². The van der Waals surface area contributed by atoms with Gasteiger partial charge in [-0.3, -0.25) is 4.46 Å². The smallest absolute Gasteiger partial charge is 0.511 e. The van der Waals surface area contributed by atoms with Crippen molar-refractivity contribution in [3.8, 4) is 0 Å². The average molecular weight is 135 g/mol. The molecule has 0 saturated carbocycles. The minimum absolute atomic E-state index is 0. The van der Waals surface area contributed by atoms with Crippen LogP contribution in [-0.4, -0.2) is 20.6 Å². The highest BCUT2D eigenvalue weighted by Crippen LogP contribution is 1.68. The van der Waals surface area contributed by atoms with Crippen molar-refractivity contribution >= 4 is 9.17 Å². The Balaban J connectivity index is 0. The molecule has 0 radical (unpaired) electrons. The number of hydrogen-bond donors (Lipinski definition) is 2. The summed E-state index contributed by atoms with van der Waals surface area (Å²) in [7, 11) is -2.72. The Kier molecular flexibility index (Phi) is 8.16. The quantitative estimate of drug-likeness (QED) is 0.413. The topological polar surface area (TPSA) is 81.5 Å². The van der Waals surface area contributed by atoms with Crippen molar-refractivity contribution in [1.29, 1.82) is 0 Å². The van der Waals surface area contributed by atoms with Gasteiger partial charge in [-0.1, -0.05) is 12.7 Å². The molecule has 0 heterocycles. The average Bonchev–Trinajstić information content (AvgIpc) is 1.61. The van der Waals surface area contributed by atoms with Crippen LogP contribution in [0.15, 0.2) is 12.7 Å². The Morgan fingerprint density at radius 3 is 2.50 bits per heavy atom. The van der Waals surface area contributed by atoms with Crippen LogP contribution in [0.3, 0.4) is 0 Å². The van der Waals surface area contributed by atoms with Crippen molar-refractivity contribution in [2.75, 3.05) is 6.61 Å². The first-order chi connectivity index (χ1) is 3.27. The van der Waals surface area contributed by atoms with Gasteiger partial charge in [-0.25, -0.2) is 0 Å². The van der Waals surface area contributed by atoms with Crippen molar-refractivity contribution in [2.24, 2.45) is 0 Å². The predicted octanol–water partition coefficient (Wildman–Crippen LogP) is -0.241. The molecule has 0 unspecified atom stereocenters. The second kappa shape index (κ2) is 6.32. The molecule has 4 nitrogen and oxygen atoms in total. The summed E-state index contributed by atoms with van der Waals surface area (Å²) in [4.78, 5) is 7.96. The maximum absolute atomic E-state index is 9.67. The summed E-state index contributed by atoms with van der Waals surface area (Å²) >= 11 is 0. The monoisotopic (exact) mass is 135 g/mol. The Morgan fingerprint density at radius 2 is 2.38 bits per heavy atom. The molecule has 4 N–H and O–H groups in total. The molecule has 0 rings (SSSR count). The lowest BCUT2D eigenvalue weighted by Gasteiger charge is -1.88. The van der Waals surface area contributed by atoms with Crippen molar-refractivity contribution in [1.82, 2.24) is 6.15 Å². The van der Waals surface area contributed by atoms with Crippen LogP contribution in [0.25, 0.3) is 0 Å². The number of hydrogen-bond acceptors (Lipinski definition) is 3. The SMILES string of the molecule is C=CCO[Si](=O)O.N. The molecule has 0 aromatic carbocycles. The molecule has 0 aromatic rings. The Morgan fingerprint density at radius 1 is 1.88 bits per heavy atom. The molecule has 0 aliphatic heterocycles. The lowest BCUT2D eigenvalue weighted by Crippen LogP contribution is -2.04. The first-order valence-electron chi connectivity index (χ1n) is 1.74. The third-order valence-corrected chi connectivity index (χ3v) is 0.738. The van der Waals surface area contributed by atoms with Gasteiger partial charge in [0.15, 0.2) is 0 Å². The van der Waals surface area contributed by atoms with E-state index < -0.39 is 9.17 Å². The standard InChI is InChI=1S/C3H6O3Si.H3N/c1-2-3-6-7(4)5;/h2,4H,1,3H2;1H3. The Bertz CT molecular complexity index is 84.6. The van der Waals surface area contributed by atoms with Gasteiger partial charge < -0.3 is 15.4 Å². The van der Waals surface area contributed by atoms with Crippen LogP contribution in [0, 0.1) is 0 Å². The summed E-state index contributed by atoms with van der Waals surface area (Å²) in [5, 5.41) is 0. The molecule has 0 bridgehead atoms. The van der Waals surface area contributed by atoms with E-state index in [0.29, 0.717) is 0 Å². The molecule has 0 spiro atoms. The zero-order valence-corrected chi connectivity index (χ0v) is 5.46. The highest BCUT2D eigenvalue weighted by Gasteiger charge is 1.98. The number of rotatable bonds is 3. The van der Waals surface area contributed by atoms with E-state index in [4.69, 9.17) is 4.80 Å². The van der Waals surface area contributed by atoms with Gasteiger partial charge in [0.05, 0.1) is 6.61 Å². The van der Waals surface area contributed by atoms with Crippen LogP contribution in [0.4, 0.5) is 0 Å². The lowest BCUT2D eigenvalue weighted by molar-refractivity contribution is 0.249. The fourth-order valence-corrected chi connectivity index (χ4v) is 0.391. The molecule has 8 heavy (non-hydrogen) atoms. The van der Waals surface area contributed by atoms with Crippen LogP contribution in [-0.2, 0) is 8.89 Å². The van der Waals surface area contributed by atoms with E-state index in [9.17, 15) is 4.46 Å².